The van der Waals surface area contributed by atoms with E-state index in [-0.39, 0.29) is 0 Å². The fourth-order valence-corrected chi connectivity index (χ4v) is 13.6. The summed E-state index contributed by atoms with van der Waals surface area (Å²) in [7, 11) is 0. The molecule has 0 aliphatic carbocycles. The molecule has 4 aromatic heterocycles. The van der Waals surface area contributed by atoms with Crippen LogP contribution in [0.5, 0.6) is 0 Å². The first-order chi connectivity index (χ1) is 25.4. The number of aryl methyl sites for hydroxylation is 8. The van der Waals surface area contributed by atoms with Gasteiger partial charge >= 0.3 is 0 Å². The van der Waals surface area contributed by atoms with Gasteiger partial charge in [0.1, 0.15) is 0 Å². The van der Waals surface area contributed by atoms with E-state index in [1.807, 2.05) is 0 Å². The average molecular weight is 785 g/mol. The molecular formula is C48H80S4. The maximum absolute atomic E-state index is 2.37. The smallest absolute Gasteiger partial charge is 0.0491 e. The predicted octanol–water partition coefficient (Wildman–Crippen LogP) is 18.8. The van der Waals surface area contributed by atoms with Gasteiger partial charge in [0.05, 0.1) is 0 Å². The summed E-state index contributed by atoms with van der Waals surface area (Å²) >= 11 is 8.31. The lowest BCUT2D eigenvalue weighted by Crippen LogP contribution is -1.87. The van der Waals surface area contributed by atoms with E-state index in [1.165, 1.54) is 180 Å². The van der Waals surface area contributed by atoms with E-state index in [2.05, 4.69) is 101 Å². The summed E-state index contributed by atoms with van der Waals surface area (Å²) in [4.78, 5) is 6.34. The molecule has 0 fully saturated rings. The number of rotatable bonds is 28. The molecule has 0 aliphatic rings. The van der Waals surface area contributed by atoms with E-state index in [1.54, 1.807) is 60.6 Å². The van der Waals surface area contributed by atoms with Crippen LogP contribution >= 0.6 is 45.3 Å². The highest BCUT2D eigenvalue weighted by molar-refractivity contribution is 7.29. The molecule has 4 heteroatoms. The molecule has 0 saturated heterocycles. The molecule has 0 atom stereocenters. The highest BCUT2D eigenvalue weighted by Gasteiger charge is 2.18. The Morgan fingerprint density at radius 1 is 0.250 bits per heavy atom. The third-order valence-corrected chi connectivity index (χ3v) is 16.4. The predicted molar refractivity (Wildman–Crippen MR) is 247 cm³/mol. The number of thiophene rings is 4. The Morgan fingerprint density at radius 2 is 0.423 bits per heavy atom. The van der Waals surface area contributed by atoms with E-state index < -0.39 is 0 Å². The van der Waals surface area contributed by atoms with Crippen molar-refractivity contribution in [1.29, 1.82) is 0 Å². The van der Waals surface area contributed by atoms with Crippen molar-refractivity contribution >= 4 is 64.1 Å². The van der Waals surface area contributed by atoms with Gasteiger partial charge in [-0.3, -0.25) is 0 Å². The second-order valence-electron chi connectivity index (χ2n) is 15.9. The Hall–Kier alpha value is -0.680. The molecule has 0 unspecified atom stereocenters. The third kappa shape index (κ3) is 15.1. The van der Waals surface area contributed by atoms with Crippen LogP contribution in [0.1, 0.15) is 224 Å². The lowest BCUT2D eigenvalue weighted by atomic mass is 10.0. The minimum absolute atomic E-state index is 1.29. The van der Waals surface area contributed by atoms with Crippen LogP contribution in [0.2, 0.25) is 0 Å². The van der Waals surface area contributed by atoms with Crippen LogP contribution in [0, 0.1) is 27.7 Å². The second kappa shape index (κ2) is 27.0. The van der Waals surface area contributed by atoms with Crippen molar-refractivity contribution < 1.29 is 0 Å². The fraction of sp³-hybridized carbons (Fsp3) is 0.750. The number of unbranched alkanes of at least 4 members (excludes halogenated alkanes) is 20. The van der Waals surface area contributed by atoms with Gasteiger partial charge in [0.25, 0.3) is 0 Å². The van der Waals surface area contributed by atoms with Crippen molar-refractivity contribution in [3.8, 4) is 0 Å². The first kappa shape index (κ1) is 45.7. The maximum atomic E-state index is 2.37. The van der Waals surface area contributed by atoms with Gasteiger partial charge in [-0.1, -0.05) is 156 Å². The van der Waals surface area contributed by atoms with Crippen molar-refractivity contribution in [2.75, 3.05) is 0 Å². The van der Waals surface area contributed by atoms with Crippen molar-refractivity contribution in [2.45, 2.75) is 235 Å². The van der Waals surface area contributed by atoms with Crippen LogP contribution in [0.15, 0.2) is 0 Å². The zero-order valence-corrected chi connectivity index (χ0v) is 38.7. The molecule has 0 aliphatic heterocycles. The average Bonchev–Trinajstić information content (AvgIpc) is 3.81. The monoisotopic (exact) mass is 785 g/mol. The van der Waals surface area contributed by atoms with Crippen molar-refractivity contribution in [3.05, 3.63) is 41.8 Å². The summed E-state index contributed by atoms with van der Waals surface area (Å²) in [5, 5.41) is 0. The van der Waals surface area contributed by atoms with Gasteiger partial charge in [-0.25, -0.2) is 0 Å². The highest BCUT2D eigenvalue weighted by atomic mass is 32.1. The van der Waals surface area contributed by atoms with E-state index in [4.69, 9.17) is 0 Å². The van der Waals surface area contributed by atoms with Crippen molar-refractivity contribution in [3.63, 3.8) is 0 Å². The SMILES string of the molecule is CCCCCCCCCCc1c(C)sc2c(CCCCCCCCCC)c(C)sc12.CCCCCCc1c(C)sc2c(CCCCCC)c(C)sc12. The van der Waals surface area contributed by atoms with E-state index in [0.29, 0.717) is 0 Å². The third-order valence-electron chi connectivity index (χ3n) is 11.4. The van der Waals surface area contributed by atoms with Crippen LogP contribution in [0.25, 0.3) is 18.8 Å². The topological polar surface area (TPSA) is 0 Å². The molecule has 0 bridgehead atoms. The largest absolute Gasteiger partial charge is 0.139 e. The van der Waals surface area contributed by atoms with Crippen molar-refractivity contribution in [1.82, 2.24) is 0 Å². The summed E-state index contributed by atoms with van der Waals surface area (Å²) in [6, 6.07) is 0. The second-order valence-corrected chi connectivity index (χ2v) is 20.8. The summed E-state index contributed by atoms with van der Waals surface area (Å²) in [6.45, 7) is 18.6. The lowest BCUT2D eigenvalue weighted by molar-refractivity contribution is 0.576. The molecule has 0 radical (unpaired) electrons. The molecule has 0 saturated carbocycles. The van der Waals surface area contributed by atoms with Crippen LogP contribution in [0.3, 0.4) is 0 Å². The van der Waals surface area contributed by atoms with Crippen LogP contribution in [-0.4, -0.2) is 0 Å². The molecule has 0 aromatic carbocycles. The fourth-order valence-electron chi connectivity index (χ4n) is 7.96. The van der Waals surface area contributed by atoms with Crippen LogP contribution in [0.4, 0.5) is 0 Å². The number of hydrogen-bond acceptors (Lipinski definition) is 4. The summed E-state index contributed by atoms with van der Waals surface area (Å²) in [6.07, 6.45) is 38.8. The normalized spacial score (nSPS) is 11.7. The molecular weight excluding hydrogens is 705 g/mol. The molecule has 0 N–H and O–H groups in total. The number of fused-ring (bicyclic) bond motifs is 2. The Kier molecular flexibility index (Phi) is 23.7. The van der Waals surface area contributed by atoms with Gasteiger partial charge in [0.2, 0.25) is 0 Å². The lowest BCUT2D eigenvalue weighted by Gasteiger charge is -2.03. The van der Waals surface area contributed by atoms with Gasteiger partial charge in [-0.15, -0.1) is 45.3 Å². The Labute approximate surface area is 339 Å². The molecule has 0 spiro atoms. The quantitative estimate of drug-likeness (QED) is 0.0503. The first-order valence-corrected chi connectivity index (χ1v) is 25.6. The maximum Gasteiger partial charge on any atom is 0.0491 e. The van der Waals surface area contributed by atoms with Crippen LogP contribution < -0.4 is 0 Å². The van der Waals surface area contributed by atoms with Gasteiger partial charge < -0.3 is 0 Å². The molecule has 0 nitrogen and oxygen atoms in total. The Bertz CT molecular complexity index is 1380. The zero-order valence-electron chi connectivity index (χ0n) is 35.4. The summed E-state index contributed by atoms with van der Waals surface area (Å²) in [5.41, 5.74) is 6.72. The first-order valence-electron chi connectivity index (χ1n) is 22.4. The standard InChI is InChI=1S/C28H48S2.C20H32S2/c1-5-7-9-11-13-15-17-19-21-25-23(3)29-28-26(24(4)30-27(25)28)22-20-18-16-14-12-10-8-6-2;1-5-7-9-11-13-17-15(3)21-20-18(14-12-10-8-6-2)16(4)22-19(17)20/h5-22H2,1-4H3;5-14H2,1-4H3. The highest BCUT2D eigenvalue weighted by Crippen LogP contribution is 2.43. The number of hydrogen-bond donors (Lipinski definition) is 0. The minimum Gasteiger partial charge on any atom is -0.139 e. The molecule has 296 valence electrons. The van der Waals surface area contributed by atoms with Gasteiger partial charge in [-0.05, 0) is 101 Å². The Morgan fingerprint density at radius 3 is 0.635 bits per heavy atom. The molecule has 4 heterocycles. The van der Waals surface area contributed by atoms with Gasteiger partial charge in [0, 0.05) is 38.3 Å². The molecule has 52 heavy (non-hydrogen) atoms. The van der Waals surface area contributed by atoms with E-state index in [9.17, 15) is 0 Å². The van der Waals surface area contributed by atoms with Gasteiger partial charge in [-0.2, -0.15) is 0 Å². The molecule has 4 aromatic rings. The minimum atomic E-state index is 1.29. The Balaban J connectivity index is 0.000000294. The van der Waals surface area contributed by atoms with Crippen LogP contribution in [-0.2, 0) is 25.7 Å². The van der Waals surface area contributed by atoms with E-state index in [0.717, 1.165) is 0 Å². The van der Waals surface area contributed by atoms with E-state index >= 15 is 0 Å². The zero-order chi connectivity index (χ0) is 37.6. The summed E-state index contributed by atoms with van der Waals surface area (Å²) in [5.74, 6) is 0. The summed E-state index contributed by atoms with van der Waals surface area (Å²) < 4.78 is 6.55. The van der Waals surface area contributed by atoms with Gasteiger partial charge in [0.15, 0.2) is 0 Å². The molecule has 4 rings (SSSR count). The van der Waals surface area contributed by atoms with Crippen molar-refractivity contribution in [2.24, 2.45) is 0 Å². The molecule has 0 amide bonds.